The molecule has 0 fully saturated rings. The molecule has 0 aliphatic carbocycles. The molecule has 16 heavy (non-hydrogen) atoms. The van der Waals surface area contributed by atoms with Gasteiger partial charge in [0.25, 0.3) is 0 Å². The van der Waals surface area contributed by atoms with Crippen LogP contribution in [0.2, 0.25) is 0 Å². The molecule has 2 rings (SSSR count). The minimum atomic E-state index is 0.602. The Morgan fingerprint density at radius 3 is 2.56 bits per heavy atom. The molecule has 84 valence electrons. The second kappa shape index (κ2) is 5.30. The van der Waals surface area contributed by atoms with Gasteiger partial charge in [0.15, 0.2) is 5.17 Å². The molecule has 1 aromatic rings. The Balaban J connectivity index is 1.92. The number of amidine groups is 1. The molecule has 2 nitrogen and oxygen atoms in total. The number of hydrogen-bond acceptors (Lipinski definition) is 3. The maximum atomic E-state index is 4.25. The van der Waals surface area contributed by atoms with Crippen LogP contribution in [0.5, 0.6) is 0 Å². The summed E-state index contributed by atoms with van der Waals surface area (Å²) in [7, 11) is 0. The van der Waals surface area contributed by atoms with Crippen molar-refractivity contribution in [1.29, 1.82) is 0 Å². The van der Waals surface area contributed by atoms with Gasteiger partial charge in [0.2, 0.25) is 0 Å². The quantitative estimate of drug-likeness (QED) is 0.783. The highest BCUT2D eigenvalue weighted by Crippen LogP contribution is 2.19. The third kappa shape index (κ3) is 2.95. The van der Waals surface area contributed by atoms with Crippen molar-refractivity contribution in [2.24, 2.45) is 9.98 Å². The fraction of sp³-hybridized carbons (Fsp3) is 0.385. The van der Waals surface area contributed by atoms with Crippen LogP contribution in [0.4, 0.5) is 0 Å². The maximum absolute atomic E-state index is 4.25. The molecule has 0 aromatic heterocycles. The van der Waals surface area contributed by atoms with E-state index in [9.17, 15) is 0 Å². The summed E-state index contributed by atoms with van der Waals surface area (Å²) in [4.78, 5) is 8.44. The monoisotopic (exact) mass is 232 g/mol. The normalized spacial score (nSPS) is 14.6. The van der Waals surface area contributed by atoms with Gasteiger partial charge in [-0.15, -0.1) is 0 Å². The van der Waals surface area contributed by atoms with Gasteiger partial charge in [-0.25, -0.2) is 4.99 Å². The summed E-state index contributed by atoms with van der Waals surface area (Å²) in [5, 5.41) is 0.910. The first kappa shape index (κ1) is 11.4. The Hall–Kier alpha value is -1.09. The predicted octanol–water partition coefficient (Wildman–Crippen LogP) is 3.48. The van der Waals surface area contributed by atoms with Gasteiger partial charge in [0, 0.05) is 12.0 Å². The zero-order chi connectivity index (χ0) is 11.4. The summed E-state index contributed by atoms with van der Waals surface area (Å²) >= 11 is 1.70. The van der Waals surface area contributed by atoms with Crippen LogP contribution in [0.3, 0.4) is 0 Å². The number of benzene rings is 1. The number of aliphatic imine (C=N–C) groups is 2. The van der Waals surface area contributed by atoms with Crippen LogP contribution in [0.25, 0.3) is 0 Å². The fourth-order valence-electron chi connectivity index (χ4n) is 1.51. The standard InChI is InChI=1S/C13H16N2S/c1-10(2)12-5-3-11(4-6-12)9-16-13-14-7-8-15-13/h3-7,10H,8-9H2,1-2H3. The Morgan fingerprint density at radius 2 is 2.00 bits per heavy atom. The third-order valence-corrected chi connectivity index (χ3v) is 3.49. The number of thioether (sulfide) groups is 1. The molecule has 0 radical (unpaired) electrons. The molecule has 0 atom stereocenters. The first-order valence-corrected chi connectivity index (χ1v) is 6.53. The smallest absolute Gasteiger partial charge is 0.183 e. The highest BCUT2D eigenvalue weighted by molar-refractivity contribution is 8.13. The van der Waals surface area contributed by atoms with Crippen LogP contribution >= 0.6 is 11.8 Å². The lowest BCUT2D eigenvalue weighted by molar-refractivity contribution is 0.866. The Morgan fingerprint density at radius 1 is 1.25 bits per heavy atom. The molecule has 1 aromatic carbocycles. The van der Waals surface area contributed by atoms with Crippen molar-refractivity contribution in [3.05, 3.63) is 35.4 Å². The molecule has 1 aliphatic rings. The molecule has 0 saturated carbocycles. The van der Waals surface area contributed by atoms with Gasteiger partial charge < -0.3 is 0 Å². The summed E-state index contributed by atoms with van der Waals surface area (Å²) in [6, 6.07) is 8.81. The largest absolute Gasteiger partial charge is 0.255 e. The maximum Gasteiger partial charge on any atom is 0.183 e. The van der Waals surface area contributed by atoms with E-state index in [4.69, 9.17) is 0 Å². The summed E-state index contributed by atoms with van der Waals surface area (Å²) in [6.45, 7) is 5.17. The first-order valence-electron chi connectivity index (χ1n) is 5.54. The third-order valence-electron chi connectivity index (χ3n) is 2.52. The molecular weight excluding hydrogens is 216 g/mol. The summed E-state index contributed by atoms with van der Waals surface area (Å²) in [5.74, 6) is 1.56. The minimum Gasteiger partial charge on any atom is -0.255 e. The lowest BCUT2D eigenvalue weighted by Gasteiger charge is -2.06. The van der Waals surface area contributed by atoms with E-state index >= 15 is 0 Å². The van der Waals surface area contributed by atoms with Crippen molar-refractivity contribution in [3.63, 3.8) is 0 Å². The van der Waals surface area contributed by atoms with Gasteiger partial charge >= 0.3 is 0 Å². The van der Waals surface area contributed by atoms with Gasteiger partial charge in [-0.1, -0.05) is 49.9 Å². The summed E-state index contributed by atoms with van der Waals surface area (Å²) in [5.41, 5.74) is 2.73. The van der Waals surface area contributed by atoms with E-state index in [1.54, 1.807) is 11.8 Å². The number of rotatable bonds is 3. The molecule has 1 heterocycles. The Kier molecular flexibility index (Phi) is 3.78. The van der Waals surface area contributed by atoms with E-state index in [0.29, 0.717) is 5.92 Å². The van der Waals surface area contributed by atoms with E-state index in [1.807, 2.05) is 6.21 Å². The van der Waals surface area contributed by atoms with Crippen LogP contribution in [0.15, 0.2) is 34.3 Å². The topological polar surface area (TPSA) is 24.7 Å². The zero-order valence-corrected chi connectivity index (χ0v) is 10.5. The van der Waals surface area contributed by atoms with E-state index in [0.717, 1.165) is 17.5 Å². The molecule has 0 spiro atoms. The van der Waals surface area contributed by atoms with Crippen molar-refractivity contribution in [3.8, 4) is 0 Å². The molecule has 0 bridgehead atoms. The van der Waals surface area contributed by atoms with E-state index in [-0.39, 0.29) is 0 Å². The van der Waals surface area contributed by atoms with Crippen molar-refractivity contribution in [2.75, 3.05) is 6.54 Å². The molecular formula is C13H16N2S. The lowest BCUT2D eigenvalue weighted by atomic mass is 10.0. The van der Waals surface area contributed by atoms with E-state index < -0.39 is 0 Å². The molecule has 3 heteroatoms. The Bertz CT molecular complexity index is 404. The van der Waals surface area contributed by atoms with Gasteiger partial charge in [-0.05, 0) is 17.0 Å². The van der Waals surface area contributed by atoms with Crippen LogP contribution in [0, 0.1) is 0 Å². The minimum absolute atomic E-state index is 0.602. The number of nitrogens with zero attached hydrogens (tertiary/aromatic N) is 2. The average Bonchev–Trinajstić information content (AvgIpc) is 2.80. The van der Waals surface area contributed by atoms with Crippen LogP contribution in [-0.4, -0.2) is 17.9 Å². The van der Waals surface area contributed by atoms with Crippen LogP contribution in [0.1, 0.15) is 30.9 Å². The number of hydrogen-bond donors (Lipinski definition) is 0. The molecule has 0 unspecified atom stereocenters. The molecule has 0 amide bonds. The van der Waals surface area contributed by atoms with Crippen molar-refractivity contribution in [1.82, 2.24) is 0 Å². The SMILES string of the molecule is CC(C)c1ccc(CSC2=NCC=N2)cc1. The van der Waals surface area contributed by atoms with Gasteiger partial charge in [-0.3, -0.25) is 4.99 Å². The molecule has 0 saturated heterocycles. The van der Waals surface area contributed by atoms with Gasteiger partial charge in [0.1, 0.15) is 0 Å². The van der Waals surface area contributed by atoms with Crippen molar-refractivity contribution >= 4 is 23.1 Å². The van der Waals surface area contributed by atoms with Crippen LogP contribution < -0.4 is 0 Å². The van der Waals surface area contributed by atoms with Crippen molar-refractivity contribution in [2.45, 2.75) is 25.5 Å². The first-order chi connectivity index (χ1) is 7.75. The van der Waals surface area contributed by atoms with Crippen LogP contribution in [-0.2, 0) is 5.75 Å². The lowest BCUT2D eigenvalue weighted by Crippen LogP contribution is -1.89. The fourth-order valence-corrected chi connectivity index (χ4v) is 2.31. The molecule has 0 N–H and O–H groups in total. The van der Waals surface area contributed by atoms with E-state index in [1.165, 1.54) is 11.1 Å². The average molecular weight is 232 g/mol. The second-order valence-electron chi connectivity index (χ2n) is 4.12. The van der Waals surface area contributed by atoms with Gasteiger partial charge in [-0.2, -0.15) is 0 Å². The predicted molar refractivity (Wildman–Crippen MR) is 72.6 cm³/mol. The highest BCUT2D eigenvalue weighted by Gasteiger charge is 2.03. The molecule has 1 aliphatic heterocycles. The second-order valence-corrected chi connectivity index (χ2v) is 5.06. The van der Waals surface area contributed by atoms with Crippen molar-refractivity contribution < 1.29 is 0 Å². The zero-order valence-electron chi connectivity index (χ0n) is 9.68. The summed E-state index contributed by atoms with van der Waals surface area (Å²) in [6.07, 6.45) is 1.85. The van der Waals surface area contributed by atoms with E-state index in [2.05, 4.69) is 48.1 Å². The summed E-state index contributed by atoms with van der Waals surface area (Å²) < 4.78 is 0. The Labute approximate surface area is 101 Å². The highest BCUT2D eigenvalue weighted by atomic mass is 32.2. The van der Waals surface area contributed by atoms with Gasteiger partial charge in [0.05, 0.1) is 6.54 Å².